The molecule has 0 unspecified atom stereocenters. The second-order valence-electron chi connectivity index (χ2n) is 6.17. The summed E-state index contributed by atoms with van der Waals surface area (Å²) in [5, 5.41) is 10.2. The Kier molecular flexibility index (Phi) is 4.51. The predicted molar refractivity (Wildman–Crippen MR) is 98.3 cm³/mol. The largest absolute Gasteiger partial charge is 0.416 e. The van der Waals surface area contributed by atoms with E-state index in [1.807, 2.05) is 0 Å². The van der Waals surface area contributed by atoms with Gasteiger partial charge in [0.05, 0.1) is 35.0 Å². The molecule has 0 aliphatic heterocycles. The third kappa shape index (κ3) is 3.80. The lowest BCUT2D eigenvalue weighted by atomic mass is 10.2. The molecular weight excluding hydrogens is 387 g/mol. The number of benzene rings is 2. The Bertz CT molecular complexity index is 1200. The second-order valence-corrected chi connectivity index (χ2v) is 6.17. The molecule has 8 nitrogen and oxygen atoms in total. The summed E-state index contributed by atoms with van der Waals surface area (Å²) in [7, 11) is 0. The van der Waals surface area contributed by atoms with Crippen molar-refractivity contribution in [1.82, 2.24) is 25.0 Å². The Balaban J connectivity index is 1.54. The average molecular weight is 401 g/mol. The zero-order valence-corrected chi connectivity index (χ0v) is 14.7. The fourth-order valence-electron chi connectivity index (χ4n) is 2.75. The minimum absolute atomic E-state index is 0.0465. The molecule has 0 radical (unpaired) electrons. The number of nitrogens with two attached hydrogens (primary N) is 1. The summed E-state index contributed by atoms with van der Waals surface area (Å²) in [5.74, 6) is 0.0636. The number of imidazole rings is 1. The van der Waals surface area contributed by atoms with Gasteiger partial charge in [0.2, 0.25) is 0 Å². The first kappa shape index (κ1) is 18.6. The number of aromatic amines is 1. The van der Waals surface area contributed by atoms with Crippen molar-refractivity contribution in [3.05, 3.63) is 65.7 Å². The van der Waals surface area contributed by atoms with Crippen LogP contribution >= 0.6 is 0 Å². The zero-order valence-electron chi connectivity index (χ0n) is 14.7. The first-order valence-corrected chi connectivity index (χ1v) is 8.43. The van der Waals surface area contributed by atoms with Gasteiger partial charge in [0.25, 0.3) is 5.91 Å². The van der Waals surface area contributed by atoms with Gasteiger partial charge in [-0.1, -0.05) is 11.3 Å². The van der Waals surface area contributed by atoms with E-state index < -0.39 is 17.6 Å². The van der Waals surface area contributed by atoms with Crippen LogP contribution in [-0.2, 0) is 12.7 Å². The summed E-state index contributed by atoms with van der Waals surface area (Å²) in [5.41, 5.74) is 6.72. The monoisotopic (exact) mass is 401 g/mol. The predicted octanol–water partition coefficient (Wildman–Crippen LogP) is 2.87. The lowest BCUT2D eigenvalue weighted by molar-refractivity contribution is -0.137. The van der Waals surface area contributed by atoms with Crippen molar-refractivity contribution in [3.8, 4) is 5.69 Å². The highest BCUT2D eigenvalue weighted by Crippen LogP contribution is 2.30. The molecule has 2 aromatic heterocycles. The number of rotatable bonds is 4. The number of carbonyl (C=O) groups is 1. The summed E-state index contributed by atoms with van der Waals surface area (Å²) in [4.78, 5) is 19.7. The number of amides is 1. The highest BCUT2D eigenvalue weighted by molar-refractivity contribution is 6.03. The van der Waals surface area contributed by atoms with Crippen LogP contribution in [0, 0.1) is 0 Å². The summed E-state index contributed by atoms with van der Waals surface area (Å²) in [6, 6.07) is 9.66. The third-order valence-corrected chi connectivity index (χ3v) is 4.15. The van der Waals surface area contributed by atoms with E-state index in [1.54, 1.807) is 18.2 Å². The molecule has 2 aromatic carbocycles. The molecule has 2 heterocycles. The van der Waals surface area contributed by atoms with Crippen molar-refractivity contribution in [2.75, 3.05) is 5.32 Å². The summed E-state index contributed by atoms with van der Waals surface area (Å²) >= 11 is 0. The minimum atomic E-state index is -4.48. The van der Waals surface area contributed by atoms with E-state index in [1.165, 1.54) is 18.3 Å². The number of alkyl halides is 3. The lowest BCUT2D eigenvalue weighted by Crippen LogP contribution is -2.12. The van der Waals surface area contributed by atoms with Gasteiger partial charge >= 0.3 is 6.18 Å². The first-order chi connectivity index (χ1) is 13.8. The molecule has 0 fully saturated rings. The van der Waals surface area contributed by atoms with E-state index in [2.05, 4.69) is 25.6 Å². The Morgan fingerprint density at radius 2 is 2.03 bits per heavy atom. The van der Waals surface area contributed by atoms with Crippen LogP contribution in [0.1, 0.15) is 21.9 Å². The van der Waals surface area contributed by atoms with Crippen LogP contribution in [0.4, 0.5) is 18.9 Å². The van der Waals surface area contributed by atoms with Crippen LogP contribution in [0.2, 0.25) is 0 Å². The maximum atomic E-state index is 12.9. The van der Waals surface area contributed by atoms with E-state index >= 15 is 0 Å². The highest BCUT2D eigenvalue weighted by atomic mass is 19.4. The van der Waals surface area contributed by atoms with E-state index in [9.17, 15) is 18.0 Å². The molecule has 0 aliphatic rings. The van der Waals surface area contributed by atoms with Crippen LogP contribution in [-0.4, -0.2) is 30.9 Å². The molecule has 0 saturated heterocycles. The lowest BCUT2D eigenvalue weighted by Gasteiger charge is -2.08. The number of hydrogen-bond donors (Lipinski definition) is 3. The number of fused-ring (bicyclic) bond motifs is 1. The second kappa shape index (κ2) is 7.02. The van der Waals surface area contributed by atoms with Gasteiger partial charge in [-0.05, 0) is 36.4 Å². The van der Waals surface area contributed by atoms with Crippen molar-refractivity contribution >= 4 is 22.6 Å². The first-order valence-electron chi connectivity index (χ1n) is 8.43. The number of anilines is 1. The van der Waals surface area contributed by atoms with Gasteiger partial charge in [-0.15, -0.1) is 5.10 Å². The molecule has 0 aliphatic carbocycles. The molecule has 29 heavy (non-hydrogen) atoms. The minimum Gasteiger partial charge on any atom is -0.341 e. The van der Waals surface area contributed by atoms with Gasteiger partial charge in [-0.3, -0.25) is 4.79 Å². The third-order valence-electron chi connectivity index (χ3n) is 4.15. The fraction of sp³-hybridized carbons (Fsp3) is 0.111. The number of nitrogens with zero attached hydrogens (tertiary/aromatic N) is 4. The van der Waals surface area contributed by atoms with Crippen LogP contribution in [0.25, 0.3) is 16.7 Å². The van der Waals surface area contributed by atoms with E-state index in [0.29, 0.717) is 22.5 Å². The van der Waals surface area contributed by atoms with Crippen LogP contribution in [0.3, 0.4) is 0 Å². The normalized spacial score (nSPS) is 11.7. The van der Waals surface area contributed by atoms with Gasteiger partial charge in [-0.2, -0.15) is 13.2 Å². The van der Waals surface area contributed by atoms with Crippen molar-refractivity contribution < 1.29 is 18.0 Å². The molecule has 4 aromatic rings. The quantitative estimate of drug-likeness (QED) is 0.487. The highest BCUT2D eigenvalue weighted by Gasteiger charge is 2.30. The number of carbonyl (C=O) groups excluding carboxylic acids is 1. The Morgan fingerprint density at radius 3 is 2.79 bits per heavy atom. The van der Waals surface area contributed by atoms with Crippen molar-refractivity contribution in [2.24, 2.45) is 5.73 Å². The van der Waals surface area contributed by atoms with Gasteiger partial charge in [-0.25, -0.2) is 9.67 Å². The standard InChI is InChI=1S/C18H14F3N7O/c19-18(20,21)10-2-1-3-12(6-10)28-9-15(26-27-28)17(29)23-11-4-5-13-14(7-11)25-16(8-22)24-13/h1-7,9H,8,22H2,(H,23,29)(H,24,25). The molecule has 11 heteroatoms. The molecule has 148 valence electrons. The Labute approximate surface area is 161 Å². The SMILES string of the molecule is NCc1nc2ccc(NC(=O)c3cn(-c4cccc(C(F)(F)F)c4)nn3)cc2[nH]1. The molecule has 1 amide bonds. The number of hydrogen-bond acceptors (Lipinski definition) is 5. The smallest absolute Gasteiger partial charge is 0.341 e. The number of nitrogens with one attached hydrogen (secondary N) is 2. The number of H-pyrrole nitrogens is 1. The number of aromatic nitrogens is 5. The molecule has 4 N–H and O–H groups in total. The molecule has 0 bridgehead atoms. The summed E-state index contributed by atoms with van der Waals surface area (Å²) < 4.78 is 39.7. The summed E-state index contributed by atoms with van der Waals surface area (Å²) in [6.07, 6.45) is -3.22. The van der Waals surface area contributed by atoms with E-state index in [0.717, 1.165) is 16.8 Å². The van der Waals surface area contributed by atoms with Crippen LogP contribution in [0.5, 0.6) is 0 Å². The molecule has 4 rings (SSSR count). The molecule has 0 saturated carbocycles. The van der Waals surface area contributed by atoms with E-state index in [-0.39, 0.29) is 17.9 Å². The molecule has 0 spiro atoms. The zero-order chi connectivity index (χ0) is 20.6. The topological polar surface area (TPSA) is 115 Å². The molecule has 0 atom stereocenters. The van der Waals surface area contributed by atoms with Gasteiger partial charge in [0.15, 0.2) is 5.69 Å². The summed E-state index contributed by atoms with van der Waals surface area (Å²) in [6.45, 7) is 0.259. The van der Waals surface area contributed by atoms with Crippen LogP contribution < -0.4 is 11.1 Å². The van der Waals surface area contributed by atoms with Crippen LogP contribution in [0.15, 0.2) is 48.7 Å². The van der Waals surface area contributed by atoms with Crippen molar-refractivity contribution in [3.63, 3.8) is 0 Å². The maximum absolute atomic E-state index is 12.9. The van der Waals surface area contributed by atoms with Crippen molar-refractivity contribution in [2.45, 2.75) is 12.7 Å². The average Bonchev–Trinajstić information content (AvgIpc) is 3.34. The van der Waals surface area contributed by atoms with Gasteiger partial charge in [0.1, 0.15) is 5.82 Å². The van der Waals surface area contributed by atoms with Crippen molar-refractivity contribution in [1.29, 1.82) is 0 Å². The molecular formula is C18H14F3N7O. The fourth-order valence-corrected chi connectivity index (χ4v) is 2.75. The van der Waals surface area contributed by atoms with E-state index in [4.69, 9.17) is 5.73 Å². The van der Waals surface area contributed by atoms with Gasteiger partial charge in [0, 0.05) is 5.69 Å². The number of halogens is 3. The maximum Gasteiger partial charge on any atom is 0.416 e. The van der Waals surface area contributed by atoms with Gasteiger partial charge < -0.3 is 16.0 Å². The Morgan fingerprint density at radius 1 is 1.21 bits per heavy atom. The Hall–Kier alpha value is -3.73.